The number of piperazine rings is 1. The van der Waals surface area contributed by atoms with Crippen LogP contribution in [0.1, 0.15) is 25.8 Å². The Hall–Kier alpha value is -1.26. The van der Waals surface area contributed by atoms with Gasteiger partial charge in [0, 0.05) is 43.9 Å². The monoisotopic (exact) mass is 292 g/mol. The molecular weight excluding hydrogens is 264 g/mol. The number of ether oxygens (including phenoxy) is 2. The summed E-state index contributed by atoms with van der Waals surface area (Å²) in [4.78, 5) is 2.51. The average Bonchev–Trinajstić information content (AvgIpc) is 2.54. The molecule has 1 saturated heterocycles. The van der Waals surface area contributed by atoms with Crippen molar-refractivity contribution in [1.82, 2.24) is 10.2 Å². The summed E-state index contributed by atoms with van der Waals surface area (Å²) in [7, 11) is 3.40. The van der Waals surface area contributed by atoms with Crippen LogP contribution in [0.3, 0.4) is 0 Å². The molecule has 4 nitrogen and oxygen atoms in total. The van der Waals surface area contributed by atoms with E-state index < -0.39 is 0 Å². The number of methoxy groups -OCH3 is 2. The van der Waals surface area contributed by atoms with Gasteiger partial charge in [0.1, 0.15) is 11.5 Å². The molecule has 2 unspecified atom stereocenters. The Kier molecular flexibility index (Phi) is 5.88. The summed E-state index contributed by atoms with van der Waals surface area (Å²) in [6, 6.07) is 6.67. The second kappa shape index (κ2) is 7.66. The Morgan fingerprint density at radius 1 is 1.33 bits per heavy atom. The highest BCUT2D eigenvalue weighted by atomic mass is 16.5. The molecule has 0 amide bonds. The summed E-state index contributed by atoms with van der Waals surface area (Å²) in [5.74, 6) is 2.46. The van der Waals surface area contributed by atoms with Gasteiger partial charge in [0.2, 0.25) is 0 Å². The fraction of sp³-hybridized carbons (Fsp3) is 0.647. The van der Waals surface area contributed by atoms with E-state index in [0.29, 0.717) is 12.0 Å². The van der Waals surface area contributed by atoms with Gasteiger partial charge in [-0.1, -0.05) is 26.3 Å². The van der Waals surface area contributed by atoms with E-state index in [0.717, 1.165) is 37.7 Å². The van der Waals surface area contributed by atoms with Crippen molar-refractivity contribution >= 4 is 0 Å². The van der Waals surface area contributed by atoms with Crippen LogP contribution in [0.5, 0.6) is 11.5 Å². The first-order valence-electron chi connectivity index (χ1n) is 7.84. The maximum atomic E-state index is 5.50. The van der Waals surface area contributed by atoms with Crippen LogP contribution in [0.2, 0.25) is 0 Å². The summed E-state index contributed by atoms with van der Waals surface area (Å²) < 4.78 is 10.8. The van der Waals surface area contributed by atoms with Gasteiger partial charge in [-0.3, -0.25) is 4.90 Å². The molecule has 1 N–H and O–H groups in total. The molecule has 118 valence electrons. The largest absolute Gasteiger partial charge is 0.497 e. The summed E-state index contributed by atoms with van der Waals surface area (Å²) in [6.45, 7) is 8.77. The summed E-state index contributed by atoms with van der Waals surface area (Å²) in [5.41, 5.74) is 1.23. The molecule has 0 aliphatic carbocycles. The van der Waals surface area contributed by atoms with E-state index in [1.54, 1.807) is 14.2 Å². The molecule has 0 bridgehead atoms. The summed E-state index contributed by atoms with van der Waals surface area (Å²) in [6.07, 6.45) is 1.22. The second-order valence-corrected chi connectivity index (χ2v) is 5.86. The van der Waals surface area contributed by atoms with Gasteiger partial charge in [0.15, 0.2) is 0 Å². The van der Waals surface area contributed by atoms with Crippen LogP contribution in [0.15, 0.2) is 18.2 Å². The highest BCUT2D eigenvalue weighted by molar-refractivity contribution is 5.40. The second-order valence-electron chi connectivity index (χ2n) is 5.86. The van der Waals surface area contributed by atoms with E-state index >= 15 is 0 Å². The SMILES string of the molecule is CCC(C)C1CN(Cc2ccc(OC)cc2OC)CCN1. The molecule has 1 aromatic carbocycles. The summed E-state index contributed by atoms with van der Waals surface area (Å²) >= 11 is 0. The zero-order valence-electron chi connectivity index (χ0n) is 13.7. The van der Waals surface area contributed by atoms with E-state index in [9.17, 15) is 0 Å². The molecule has 21 heavy (non-hydrogen) atoms. The lowest BCUT2D eigenvalue weighted by molar-refractivity contribution is 0.161. The van der Waals surface area contributed by atoms with Crippen molar-refractivity contribution in [2.75, 3.05) is 33.9 Å². The molecule has 4 heteroatoms. The molecule has 0 aromatic heterocycles. The molecule has 2 rings (SSSR count). The van der Waals surface area contributed by atoms with E-state index in [2.05, 4.69) is 30.1 Å². The van der Waals surface area contributed by atoms with E-state index in [-0.39, 0.29) is 0 Å². The van der Waals surface area contributed by atoms with Gasteiger partial charge in [0.25, 0.3) is 0 Å². The minimum absolute atomic E-state index is 0.591. The first kappa shape index (κ1) is 16.1. The molecular formula is C17H28N2O2. The molecule has 1 aliphatic rings. The molecule has 1 heterocycles. The van der Waals surface area contributed by atoms with Gasteiger partial charge in [0.05, 0.1) is 14.2 Å². The number of hydrogen-bond donors (Lipinski definition) is 1. The predicted octanol–water partition coefficient (Wildman–Crippen LogP) is 2.52. The van der Waals surface area contributed by atoms with Crippen LogP contribution in [0.25, 0.3) is 0 Å². The maximum Gasteiger partial charge on any atom is 0.127 e. The fourth-order valence-electron chi connectivity index (χ4n) is 2.87. The van der Waals surface area contributed by atoms with Crippen molar-refractivity contribution in [2.24, 2.45) is 5.92 Å². The van der Waals surface area contributed by atoms with Crippen LogP contribution in [0.4, 0.5) is 0 Å². The number of nitrogens with zero attached hydrogens (tertiary/aromatic N) is 1. The zero-order valence-corrected chi connectivity index (χ0v) is 13.7. The Bertz CT molecular complexity index is 450. The lowest BCUT2D eigenvalue weighted by atomic mass is 9.97. The van der Waals surface area contributed by atoms with Gasteiger partial charge in [-0.05, 0) is 12.0 Å². The minimum atomic E-state index is 0.591. The Labute approximate surface area is 128 Å². The van der Waals surface area contributed by atoms with Crippen molar-refractivity contribution in [3.63, 3.8) is 0 Å². The Morgan fingerprint density at radius 3 is 2.81 bits per heavy atom. The number of benzene rings is 1. The van der Waals surface area contributed by atoms with Crippen LogP contribution in [-0.2, 0) is 6.54 Å². The van der Waals surface area contributed by atoms with Crippen LogP contribution < -0.4 is 14.8 Å². The first-order valence-corrected chi connectivity index (χ1v) is 7.84. The first-order chi connectivity index (χ1) is 10.2. The highest BCUT2D eigenvalue weighted by Crippen LogP contribution is 2.26. The molecule has 1 aromatic rings. The highest BCUT2D eigenvalue weighted by Gasteiger charge is 2.23. The van der Waals surface area contributed by atoms with E-state index in [1.807, 2.05) is 12.1 Å². The normalized spacial score (nSPS) is 21.0. The van der Waals surface area contributed by atoms with Gasteiger partial charge in [-0.2, -0.15) is 0 Å². The standard InChI is InChI=1S/C17H28N2O2/c1-5-13(2)16-12-19(9-8-18-16)11-14-6-7-15(20-3)10-17(14)21-4/h6-7,10,13,16,18H,5,8-9,11-12H2,1-4H3. The van der Waals surface area contributed by atoms with Gasteiger partial charge < -0.3 is 14.8 Å². The van der Waals surface area contributed by atoms with Crippen molar-refractivity contribution in [1.29, 1.82) is 0 Å². The van der Waals surface area contributed by atoms with Crippen LogP contribution >= 0.6 is 0 Å². The van der Waals surface area contributed by atoms with Crippen molar-refractivity contribution in [3.05, 3.63) is 23.8 Å². The zero-order chi connectivity index (χ0) is 15.2. The molecule has 1 aliphatic heterocycles. The third kappa shape index (κ3) is 4.11. The smallest absolute Gasteiger partial charge is 0.127 e. The third-order valence-corrected chi connectivity index (χ3v) is 4.51. The topological polar surface area (TPSA) is 33.7 Å². The number of rotatable bonds is 6. The summed E-state index contributed by atoms with van der Waals surface area (Å²) in [5, 5.41) is 3.64. The van der Waals surface area contributed by atoms with Crippen molar-refractivity contribution in [3.8, 4) is 11.5 Å². The van der Waals surface area contributed by atoms with Gasteiger partial charge in [-0.25, -0.2) is 0 Å². The maximum absolute atomic E-state index is 5.50. The lowest BCUT2D eigenvalue weighted by Gasteiger charge is -2.36. The van der Waals surface area contributed by atoms with Crippen LogP contribution in [-0.4, -0.2) is 44.8 Å². The van der Waals surface area contributed by atoms with Crippen molar-refractivity contribution < 1.29 is 9.47 Å². The molecule has 1 fully saturated rings. The minimum Gasteiger partial charge on any atom is -0.497 e. The van der Waals surface area contributed by atoms with Gasteiger partial charge >= 0.3 is 0 Å². The molecule has 0 radical (unpaired) electrons. The Morgan fingerprint density at radius 2 is 2.14 bits per heavy atom. The molecule has 2 atom stereocenters. The molecule has 0 saturated carbocycles. The third-order valence-electron chi connectivity index (χ3n) is 4.51. The van der Waals surface area contributed by atoms with E-state index in [4.69, 9.17) is 9.47 Å². The predicted molar refractivity (Wildman–Crippen MR) is 86.1 cm³/mol. The Balaban J connectivity index is 2.03. The van der Waals surface area contributed by atoms with Gasteiger partial charge in [-0.15, -0.1) is 0 Å². The van der Waals surface area contributed by atoms with Crippen molar-refractivity contribution in [2.45, 2.75) is 32.9 Å². The quantitative estimate of drug-likeness (QED) is 0.873. The number of hydrogen-bond acceptors (Lipinski definition) is 4. The average molecular weight is 292 g/mol. The molecule has 0 spiro atoms. The van der Waals surface area contributed by atoms with Crippen LogP contribution in [0, 0.1) is 5.92 Å². The fourth-order valence-corrected chi connectivity index (χ4v) is 2.87. The number of nitrogens with one attached hydrogen (secondary N) is 1. The van der Waals surface area contributed by atoms with E-state index in [1.165, 1.54) is 12.0 Å². The lowest BCUT2D eigenvalue weighted by Crippen LogP contribution is -2.52.